The van der Waals surface area contributed by atoms with Crippen molar-refractivity contribution >= 4 is 32.7 Å². The van der Waals surface area contributed by atoms with Gasteiger partial charge in [-0.05, 0) is 60.0 Å². The molecular weight excluding hydrogens is 224 g/mol. The molecule has 0 amide bonds. The first-order valence-corrected chi connectivity index (χ1v) is 6.03. The zero-order valence-electron chi connectivity index (χ0n) is 10.3. The highest BCUT2D eigenvalue weighted by atomic mass is 16.3. The minimum atomic E-state index is 0.945. The third kappa shape index (κ3) is 1.07. The highest BCUT2D eigenvalue weighted by Gasteiger charge is 2.11. The van der Waals surface area contributed by atoms with Crippen molar-refractivity contribution in [3.8, 4) is 0 Å². The molecule has 0 atom stereocenters. The predicted molar refractivity (Wildman–Crippen MR) is 73.0 cm³/mol. The lowest BCUT2D eigenvalue weighted by atomic mass is 10.00. The number of hydrogen-bond acceptors (Lipinski definition) is 2. The molecular formula is C16H12O2. The van der Waals surface area contributed by atoms with E-state index in [0.717, 1.165) is 11.2 Å². The van der Waals surface area contributed by atoms with E-state index in [2.05, 4.69) is 26.0 Å². The molecule has 2 nitrogen and oxygen atoms in total. The van der Waals surface area contributed by atoms with Crippen LogP contribution in [0.3, 0.4) is 0 Å². The molecule has 0 N–H and O–H groups in total. The van der Waals surface area contributed by atoms with Crippen LogP contribution in [0.4, 0.5) is 0 Å². The Kier molecular flexibility index (Phi) is 1.72. The number of fused-ring (bicyclic) bond motifs is 5. The molecule has 2 heteroatoms. The first-order valence-electron chi connectivity index (χ1n) is 6.03. The Morgan fingerprint density at radius 1 is 0.667 bits per heavy atom. The van der Waals surface area contributed by atoms with Crippen molar-refractivity contribution in [3.63, 3.8) is 0 Å². The van der Waals surface area contributed by atoms with Gasteiger partial charge in [-0.3, -0.25) is 0 Å². The van der Waals surface area contributed by atoms with Gasteiger partial charge in [-0.1, -0.05) is 0 Å². The van der Waals surface area contributed by atoms with E-state index in [9.17, 15) is 0 Å². The Morgan fingerprint density at radius 2 is 1.11 bits per heavy atom. The molecule has 18 heavy (non-hydrogen) atoms. The normalized spacial score (nSPS) is 11.9. The van der Waals surface area contributed by atoms with Crippen molar-refractivity contribution in [1.29, 1.82) is 0 Å². The average Bonchev–Trinajstić information content (AvgIpc) is 2.94. The van der Waals surface area contributed by atoms with E-state index in [0.29, 0.717) is 0 Å². The topological polar surface area (TPSA) is 26.3 Å². The zero-order valence-corrected chi connectivity index (χ0v) is 10.3. The van der Waals surface area contributed by atoms with Gasteiger partial charge >= 0.3 is 0 Å². The van der Waals surface area contributed by atoms with E-state index in [1.807, 2.05) is 24.7 Å². The second kappa shape index (κ2) is 3.16. The maximum absolute atomic E-state index is 5.56. The van der Waals surface area contributed by atoms with Gasteiger partial charge < -0.3 is 8.83 Å². The third-order valence-electron chi connectivity index (χ3n) is 3.64. The monoisotopic (exact) mass is 236 g/mol. The van der Waals surface area contributed by atoms with E-state index < -0.39 is 0 Å². The van der Waals surface area contributed by atoms with Crippen LogP contribution in [0.25, 0.3) is 32.7 Å². The Balaban J connectivity index is 2.36. The van der Waals surface area contributed by atoms with Gasteiger partial charge in [-0.25, -0.2) is 0 Å². The summed E-state index contributed by atoms with van der Waals surface area (Å²) < 4.78 is 11.1. The van der Waals surface area contributed by atoms with Gasteiger partial charge in [-0.2, -0.15) is 0 Å². The van der Waals surface area contributed by atoms with Gasteiger partial charge in [0.2, 0.25) is 0 Å². The fourth-order valence-electron chi connectivity index (χ4n) is 2.80. The summed E-state index contributed by atoms with van der Waals surface area (Å²) in [5.41, 5.74) is 4.24. The molecule has 0 fully saturated rings. The van der Waals surface area contributed by atoms with Gasteiger partial charge in [0.1, 0.15) is 11.2 Å². The largest absolute Gasteiger partial charge is 0.464 e. The number of furan rings is 2. The molecule has 0 aliphatic heterocycles. The minimum absolute atomic E-state index is 0.945. The fourth-order valence-corrected chi connectivity index (χ4v) is 2.80. The van der Waals surface area contributed by atoms with E-state index in [4.69, 9.17) is 8.83 Å². The van der Waals surface area contributed by atoms with Crippen LogP contribution < -0.4 is 0 Å². The van der Waals surface area contributed by atoms with Crippen LogP contribution in [-0.2, 0) is 0 Å². The smallest absolute Gasteiger partial charge is 0.134 e. The predicted octanol–water partition coefficient (Wildman–Crippen LogP) is 4.95. The fraction of sp³-hybridized carbons (Fsp3) is 0.125. The summed E-state index contributed by atoms with van der Waals surface area (Å²) in [7, 11) is 0. The van der Waals surface area contributed by atoms with Gasteiger partial charge in [-0.15, -0.1) is 0 Å². The lowest BCUT2D eigenvalue weighted by Crippen LogP contribution is -1.78. The van der Waals surface area contributed by atoms with Crippen molar-refractivity contribution in [2.75, 3.05) is 0 Å². The lowest BCUT2D eigenvalue weighted by molar-refractivity contribution is 0.612. The lowest BCUT2D eigenvalue weighted by Gasteiger charge is -2.02. The molecule has 4 aromatic rings. The molecule has 2 aromatic heterocycles. The van der Waals surface area contributed by atoms with E-state index in [1.165, 1.54) is 32.7 Å². The van der Waals surface area contributed by atoms with Gasteiger partial charge in [0.05, 0.1) is 12.5 Å². The van der Waals surface area contributed by atoms with Crippen LogP contribution in [0.1, 0.15) is 11.1 Å². The minimum Gasteiger partial charge on any atom is -0.464 e. The molecule has 0 radical (unpaired) electrons. The van der Waals surface area contributed by atoms with Gasteiger partial charge in [0, 0.05) is 10.8 Å². The quantitative estimate of drug-likeness (QED) is 0.432. The summed E-state index contributed by atoms with van der Waals surface area (Å²) in [6.45, 7) is 4.16. The molecule has 0 aliphatic rings. The van der Waals surface area contributed by atoms with Crippen LogP contribution in [0.5, 0.6) is 0 Å². The number of benzene rings is 2. The van der Waals surface area contributed by atoms with Crippen molar-refractivity contribution < 1.29 is 8.83 Å². The van der Waals surface area contributed by atoms with Crippen molar-refractivity contribution in [2.45, 2.75) is 13.8 Å². The Bertz CT molecular complexity index is 818. The van der Waals surface area contributed by atoms with Gasteiger partial charge in [0.25, 0.3) is 0 Å². The molecule has 2 aromatic carbocycles. The van der Waals surface area contributed by atoms with Crippen molar-refractivity contribution in [2.24, 2.45) is 0 Å². The molecule has 2 heterocycles. The first kappa shape index (κ1) is 9.77. The van der Waals surface area contributed by atoms with E-state index >= 15 is 0 Å². The van der Waals surface area contributed by atoms with Crippen LogP contribution in [0.2, 0.25) is 0 Å². The van der Waals surface area contributed by atoms with Crippen molar-refractivity contribution in [3.05, 3.63) is 47.9 Å². The highest BCUT2D eigenvalue weighted by molar-refractivity contribution is 6.17. The standard InChI is InChI=1S/C16H12O2/c1-9-7-17-13-5-4-12-11(15(9)13)3-6-14-16(12)10(2)8-18-14/h3-8H,1-2H3. The third-order valence-corrected chi connectivity index (χ3v) is 3.64. The molecule has 0 aliphatic carbocycles. The second-order valence-corrected chi connectivity index (χ2v) is 4.81. The summed E-state index contributed by atoms with van der Waals surface area (Å²) in [5, 5.41) is 4.87. The summed E-state index contributed by atoms with van der Waals surface area (Å²) in [6, 6.07) is 8.31. The van der Waals surface area contributed by atoms with Crippen LogP contribution in [-0.4, -0.2) is 0 Å². The van der Waals surface area contributed by atoms with E-state index in [-0.39, 0.29) is 0 Å². The van der Waals surface area contributed by atoms with Gasteiger partial charge in [0.15, 0.2) is 0 Å². The molecule has 0 saturated carbocycles. The maximum Gasteiger partial charge on any atom is 0.134 e. The Hall–Kier alpha value is -2.22. The van der Waals surface area contributed by atoms with Crippen LogP contribution >= 0.6 is 0 Å². The molecule has 4 rings (SSSR count). The van der Waals surface area contributed by atoms with Crippen molar-refractivity contribution in [1.82, 2.24) is 0 Å². The average molecular weight is 236 g/mol. The molecule has 0 saturated heterocycles. The van der Waals surface area contributed by atoms with Crippen LogP contribution in [0.15, 0.2) is 45.6 Å². The number of hydrogen-bond donors (Lipinski definition) is 0. The summed E-state index contributed by atoms with van der Waals surface area (Å²) in [5.74, 6) is 0. The van der Waals surface area contributed by atoms with E-state index in [1.54, 1.807) is 0 Å². The highest BCUT2D eigenvalue weighted by Crippen LogP contribution is 2.35. The molecule has 0 bridgehead atoms. The maximum atomic E-state index is 5.56. The Morgan fingerprint density at radius 3 is 1.56 bits per heavy atom. The second-order valence-electron chi connectivity index (χ2n) is 4.81. The van der Waals surface area contributed by atoms with Crippen LogP contribution in [0, 0.1) is 13.8 Å². The molecule has 0 unspecified atom stereocenters. The number of rotatable bonds is 0. The summed E-state index contributed by atoms with van der Waals surface area (Å²) >= 11 is 0. The molecule has 0 spiro atoms. The zero-order chi connectivity index (χ0) is 12.3. The summed E-state index contributed by atoms with van der Waals surface area (Å²) in [6.07, 6.45) is 3.63. The SMILES string of the molecule is Cc1coc2ccc3c(ccc4occ(C)c43)c12. The number of aryl methyl sites for hydroxylation is 2. The molecule has 88 valence electrons. The summed E-state index contributed by atoms with van der Waals surface area (Å²) in [4.78, 5) is 0. The Labute approximate surface area is 104 Å². The first-order chi connectivity index (χ1) is 8.75.